The Bertz CT molecular complexity index is 437. The average molecular weight is 335 g/mol. The van der Waals surface area contributed by atoms with Crippen molar-refractivity contribution in [2.24, 2.45) is 0 Å². The van der Waals surface area contributed by atoms with Crippen molar-refractivity contribution in [3.8, 4) is 0 Å². The zero-order chi connectivity index (χ0) is 17.2. The van der Waals surface area contributed by atoms with E-state index in [1.807, 2.05) is 4.90 Å². The van der Waals surface area contributed by atoms with Gasteiger partial charge in [0.15, 0.2) is 0 Å². The van der Waals surface area contributed by atoms with Crippen LogP contribution in [0.15, 0.2) is 11.6 Å². The van der Waals surface area contributed by atoms with E-state index in [-0.39, 0.29) is 11.8 Å². The minimum absolute atomic E-state index is 0.0753. The van der Waals surface area contributed by atoms with Gasteiger partial charge in [0.05, 0.1) is 0 Å². The van der Waals surface area contributed by atoms with Crippen molar-refractivity contribution in [2.45, 2.75) is 90.0 Å². The molecule has 0 heterocycles. The molecule has 1 saturated carbocycles. The Morgan fingerprint density at radius 1 is 1.12 bits per heavy atom. The van der Waals surface area contributed by atoms with Crippen LogP contribution in [0, 0.1) is 0 Å². The van der Waals surface area contributed by atoms with Crippen LogP contribution in [0.25, 0.3) is 0 Å². The third kappa shape index (κ3) is 6.66. The first-order valence-corrected chi connectivity index (χ1v) is 9.88. The number of carbonyl (C=O) groups excluding carboxylic acids is 2. The summed E-state index contributed by atoms with van der Waals surface area (Å²) in [6.07, 6.45) is 15.9. The molecule has 2 amide bonds. The number of nitrogens with one attached hydrogen (secondary N) is 1. The molecule has 0 aromatic rings. The summed E-state index contributed by atoms with van der Waals surface area (Å²) in [5.74, 6) is 0.188. The quantitative estimate of drug-likeness (QED) is 0.566. The number of allylic oxidation sites excluding steroid dienone is 1. The number of carbonyl (C=O) groups is 2. The Labute approximate surface area is 147 Å². The van der Waals surface area contributed by atoms with Gasteiger partial charge in [-0.05, 0) is 44.9 Å². The summed E-state index contributed by atoms with van der Waals surface area (Å²) in [4.78, 5) is 26.0. The molecular weight excluding hydrogens is 300 g/mol. The smallest absolute Gasteiger partial charge is 0.221 e. The Kier molecular flexibility index (Phi) is 8.34. The standard InChI is InChI=1S/C20H34N2O2/c1-17(23)22(19-11-7-2-3-8-12-19)16-14-20(24)21-15-13-18-9-5-4-6-10-18/h9,19H,2-8,10-16H2,1H3,(H,21,24). The molecule has 0 aromatic carbocycles. The second-order valence-electron chi connectivity index (χ2n) is 7.32. The van der Waals surface area contributed by atoms with Gasteiger partial charge in [-0.15, -0.1) is 0 Å². The first kappa shape index (κ1) is 19.0. The molecule has 0 radical (unpaired) electrons. The number of nitrogens with zero attached hydrogens (tertiary/aromatic N) is 1. The molecule has 136 valence electrons. The molecule has 2 aliphatic rings. The van der Waals surface area contributed by atoms with Gasteiger partial charge in [0.1, 0.15) is 0 Å². The molecule has 0 atom stereocenters. The molecule has 24 heavy (non-hydrogen) atoms. The average Bonchev–Trinajstić information content (AvgIpc) is 2.85. The Morgan fingerprint density at radius 3 is 2.50 bits per heavy atom. The van der Waals surface area contributed by atoms with E-state index < -0.39 is 0 Å². The Hall–Kier alpha value is -1.32. The molecule has 0 aromatic heterocycles. The van der Waals surface area contributed by atoms with Crippen LogP contribution >= 0.6 is 0 Å². The first-order chi connectivity index (χ1) is 11.7. The van der Waals surface area contributed by atoms with Crippen LogP contribution in [0.5, 0.6) is 0 Å². The maximum absolute atomic E-state index is 12.1. The highest BCUT2D eigenvalue weighted by Gasteiger charge is 2.22. The van der Waals surface area contributed by atoms with Crippen molar-refractivity contribution in [1.82, 2.24) is 10.2 Å². The van der Waals surface area contributed by atoms with Gasteiger partial charge in [-0.25, -0.2) is 0 Å². The van der Waals surface area contributed by atoms with E-state index in [1.165, 1.54) is 56.9 Å². The van der Waals surface area contributed by atoms with Crippen LogP contribution in [0.3, 0.4) is 0 Å². The predicted octanol–water partition coefficient (Wildman–Crippen LogP) is 3.95. The van der Waals surface area contributed by atoms with Gasteiger partial charge < -0.3 is 10.2 Å². The van der Waals surface area contributed by atoms with Crippen molar-refractivity contribution in [3.63, 3.8) is 0 Å². The van der Waals surface area contributed by atoms with Crippen molar-refractivity contribution in [3.05, 3.63) is 11.6 Å². The lowest BCUT2D eigenvalue weighted by molar-refractivity contribution is -0.132. The molecule has 1 fully saturated rings. The Morgan fingerprint density at radius 2 is 1.88 bits per heavy atom. The number of hydrogen-bond donors (Lipinski definition) is 1. The maximum Gasteiger partial charge on any atom is 0.221 e. The van der Waals surface area contributed by atoms with Gasteiger partial charge >= 0.3 is 0 Å². The summed E-state index contributed by atoms with van der Waals surface area (Å²) in [6.45, 7) is 2.93. The fourth-order valence-electron chi connectivity index (χ4n) is 3.97. The van der Waals surface area contributed by atoms with Gasteiger partial charge in [0, 0.05) is 32.5 Å². The van der Waals surface area contributed by atoms with Gasteiger partial charge in [0.2, 0.25) is 11.8 Å². The first-order valence-electron chi connectivity index (χ1n) is 9.88. The van der Waals surface area contributed by atoms with E-state index in [2.05, 4.69) is 11.4 Å². The van der Waals surface area contributed by atoms with Crippen molar-refractivity contribution in [1.29, 1.82) is 0 Å². The molecule has 4 heteroatoms. The highest BCUT2D eigenvalue weighted by molar-refractivity contribution is 5.78. The summed E-state index contributed by atoms with van der Waals surface area (Å²) in [7, 11) is 0. The van der Waals surface area contributed by atoms with Crippen molar-refractivity contribution >= 4 is 11.8 Å². The summed E-state index contributed by atoms with van der Waals surface area (Å²) >= 11 is 0. The molecular formula is C20H34N2O2. The largest absolute Gasteiger partial charge is 0.356 e. The molecule has 1 N–H and O–H groups in total. The fourth-order valence-corrected chi connectivity index (χ4v) is 3.97. The van der Waals surface area contributed by atoms with Gasteiger partial charge in [0.25, 0.3) is 0 Å². The van der Waals surface area contributed by atoms with Crippen LogP contribution in [0.2, 0.25) is 0 Å². The van der Waals surface area contributed by atoms with Crippen LogP contribution in [0.4, 0.5) is 0 Å². The summed E-state index contributed by atoms with van der Waals surface area (Å²) in [5.41, 5.74) is 1.49. The van der Waals surface area contributed by atoms with Crippen LogP contribution in [-0.4, -0.2) is 35.8 Å². The molecule has 0 bridgehead atoms. The third-order valence-electron chi connectivity index (χ3n) is 5.40. The highest BCUT2D eigenvalue weighted by atomic mass is 16.2. The molecule has 0 aliphatic heterocycles. The lowest BCUT2D eigenvalue weighted by Gasteiger charge is -2.30. The van der Waals surface area contributed by atoms with E-state index in [0.29, 0.717) is 19.0 Å². The molecule has 4 nitrogen and oxygen atoms in total. The second-order valence-corrected chi connectivity index (χ2v) is 7.32. The van der Waals surface area contributed by atoms with E-state index in [1.54, 1.807) is 6.92 Å². The lowest BCUT2D eigenvalue weighted by Crippen LogP contribution is -2.41. The second kappa shape index (κ2) is 10.5. The lowest BCUT2D eigenvalue weighted by atomic mass is 9.97. The van der Waals surface area contributed by atoms with E-state index in [9.17, 15) is 9.59 Å². The topological polar surface area (TPSA) is 49.4 Å². The zero-order valence-electron chi connectivity index (χ0n) is 15.3. The van der Waals surface area contributed by atoms with Crippen LogP contribution in [-0.2, 0) is 9.59 Å². The van der Waals surface area contributed by atoms with Gasteiger partial charge in [-0.2, -0.15) is 0 Å². The fraction of sp³-hybridized carbons (Fsp3) is 0.800. The SMILES string of the molecule is CC(=O)N(CCC(=O)NCCC1=CCCCC1)C1CCCCCC1. The monoisotopic (exact) mass is 334 g/mol. The van der Waals surface area contributed by atoms with E-state index in [0.717, 1.165) is 25.8 Å². The van der Waals surface area contributed by atoms with Crippen LogP contribution in [0.1, 0.15) is 84.0 Å². The molecule has 0 saturated heterocycles. The summed E-state index contributed by atoms with van der Waals surface area (Å²) < 4.78 is 0. The Balaban J connectivity index is 1.69. The number of hydrogen-bond acceptors (Lipinski definition) is 2. The third-order valence-corrected chi connectivity index (χ3v) is 5.40. The van der Waals surface area contributed by atoms with Gasteiger partial charge in [-0.1, -0.05) is 37.3 Å². The molecule has 0 spiro atoms. The highest BCUT2D eigenvalue weighted by Crippen LogP contribution is 2.22. The molecule has 2 aliphatic carbocycles. The minimum Gasteiger partial charge on any atom is -0.356 e. The minimum atomic E-state index is 0.0753. The van der Waals surface area contributed by atoms with Gasteiger partial charge in [-0.3, -0.25) is 9.59 Å². The van der Waals surface area contributed by atoms with E-state index >= 15 is 0 Å². The molecule has 0 unspecified atom stereocenters. The maximum atomic E-state index is 12.1. The van der Waals surface area contributed by atoms with E-state index in [4.69, 9.17) is 0 Å². The summed E-state index contributed by atoms with van der Waals surface area (Å²) in [5, 5.41) is 3.02. The summed E-state index contributed by atoms with van der Waals surface area (Å²) in [6, 6.07) is 0.338. The van der Waals surface area contributed by atoms with Crippen molar-refractivity contribution < 1.29 is 9.59 Å². The van der Waals surface area contributed by atoms with Crippen LogP contribution < -0.4 is 5.32 Å². The molecule has 2 rings (SSSR count). The zero-order valence-corrected chi connectivity index (χ0v) is 15.3. The van der Waals surface area contributed by atoms with Crippen molar-refractivity contribution in [2.75, 3.05) is 13.1 Å². The predicted molar refractivity (Wildman–Crippen MR) is 97.7 cm³/mol. The number of amides is 2. The normalized spacial score (nSPS) is 19.3. The number of rotatable bonds is 7.